The molecule has 0 heterocycles. The van der Waals surface area contributed by atoms with E-state index in [1.807, 2.05) is 36.2 Å². The predicted molar refractivity (Wildman–Crippen MR) is 81.9 cm³/mol. The lowest BCUT2D eigenvalue weighted by atomic mass is 10.2. The van der Waals surface area contributed by atoms with Crippen molar-refractivity contribution in [3.05, 3.63) is 29.8 Å². The highest BCUT2D eigenvalue weighted by molar-refractivity contribution is 5.77. The van der Waals surface area contributed by atoms with Gasteiger partial charge in [-0.3, -0.25) is 4.79 Å². The average molecular weight is 278 g/mol. The molecule has 0 spiro atoms. The lowest BCUT2D eigenvalue weighted by Gasteiger charge is -2.21. The summed E-state index contributed by atoms with van der Waals surface area (Å²) < 4.78 is 5.69. The zero-order valence-corrected chi connectivity index (χ0v) is 12.8. The third-order valence-electron chi connectivity index (χ3n) is 3.03. The van der Waals surface area contributed by atoms with Gasteiger partial charge < -0.3 is 15.0 Å². The molecule has 0 aliphatic heterocycles. The number of carbonyl (C=O) groups excluding carboxylic acids is 1. The summed E-state index contributed by atoms with van der Waals surface area (Å²) >= 11 is 0. The van der Waals surface area contributed by atoms with Gasteiger partial charge >= 0.3 is 0 Å². The van der Waals surface area contributed by atoms with Crippen LogP contribution in [0.2, 0.25) is 0 Å². The molecule has 0 radical (unpaired) electrons. The molecular weight excluding hydrogens is 252 g/mol. The van der Waals surface area contributed by atoms with Crippen LogP contribution < -0.4 is 10.1 Å². The number of carbonyl (C=O) groups is 1. The number of nitrogens with zero attached hydrogens (tertiary/aromatic N) is 1. The second kappa shape index (κ2) is 9.37. The Bertz CT molecular complexity index is 401. The monoisotopic (exact) mass is 278 g/mol. The molecule has 112 valence electrons. The summed E-state index contributed by atoms with van der Waals surface area (Å²) in [6.07, 6.45) is 1.95. The minimum Gasteiger partial charge on any atom is -0.483 e. The van der Waals surface area contributed by atoms with E-state index in [9.17, 15) is 4.79 Å². The van der Waals surface area contributed by atoms with Crippen LogP contribution >= 0.6 is 0 Å². The molecule has 0 aliphatic carbocycles. The minimum absolute atomic E-state index is 0.0629. The first-order valence-electron chi connectivity index (χ1n) is 7.36. The summed E-state index contributed by atoms with van der Waals surface area (Å²) in [4.78, 5) is 14.0. The minimum atomic E-state index is 0.0629. The summed E-state index contributed by atoms with van der Waals surface area (Å²) in [6, 6.07) is 7.81. The fourth-order valence-electron chi connectivity index (χ4n) is 2.11. The van der Waals surface area contributed by atoms with Gasteiger partial charge in [-0.2, -0.15) is 0 Å². The molecule has 0 atom stereocenters. The standard InChI is InChI=1S/C16H26N2O2/c1-4-10-18(11-5-2)16(19)13-20-15-9-7-6-8-14(15)12-17-3/h6-9,17H,4-5,10-13H2,1-3H3. The van der Waals surface area contributed by atoms with Crippen molar-refractivity contribution >= 4 is 5.91 Å². The Morgan fingerprint density at radius 2 is 1.85 bits per heavy atom. The van der Waals surface area contributed by atoms with Gasteiger partial charge in [0, 0.05) is 25.2 Å². The highest BCUT2D eigenvalue weighted by atomic mass is 16.5. The molecule has 4 heteroatoms. The first-order chi connectivity index (χ1) is 9.72. The lowest BCUT2D eigenvalue weighted by Crippen LogP contribution is -2.36. The topological polar surface area (TPSA) is 41.6 Å². The van der Waals surface area contributed by atoms with E-state index < -0.39 is 0 Å². The number of benzene rings is 1. The van der Waals surface area contributed by atoms with Crippen LogP contribution in [0, 0.1) is 0 Å². The van der Waals surface area contributed by atoms with E-state index in [0.717, 1.165) is 43.8 Å². The van der Waals surface area contributed by atoms with Crippen molar-refractivity contribution in [2.45, 2.75) is 33.2 Å². The zero-order chi connectivity index (χ0) is 14.8. The Balaban J connectivity index is 2.59. The second-order valence-electron chi connectivity index (χ2n) is 4.81. The molecule has 0 unspecified atom stereocenters. The van der Waals surface area contributed by atoms with Crippen molar-refractivity contribution in [1.29, 1.82) is 0 Å². The van der Waals surface area contributed by atoms with Crippen LogP contribution in [0.1, 0.15) is 32.3 Å². The SMILES string of the molecule is CCCN(CCC)C(=O)COc1ccccc1CNC. The van der Waals surface area contributed by atoms with E-state index in [-0.39, 0.29) is 12.5 Å². The third-order valence-corrected chi connectivity index (χ3v) is 3.03. The summed E-state index contributed by atoms with van der Waals surface area (Å²) in [5.41, 5.74) is 1.07. The summed E-state index contributed by atoms with van der Waals surface area (Å²) in [5, 5.41) is 3.10. The lowest BCUT2D eigenvalue weighted by molar-refractivity contribution is -0.133. The van der Waals surface area contributed by atoms with E-state index in [4.69, 9.17) is 4.74 Å². The number of amides is 1. The van der Waals surface area contributed by atoms with Crippen LogP contribution in [0.5, 0.6) is 5.75 Å². The highest BCUT2D eigenvalue weighted by Gasteiger charge is 2.13. The fraction of sp³-hybridized carbons (Fsp3) is 0.562. The summed E-state index contributed by atoms with van der Waals surface area (Å²) in [5.74, 6) is 0.844. The Hall–Kier alpha value is -1.55. The molecule has 0 bridgehead atoms. The van der Waals surface area contributed by atoms with E-state index in [2.05, 4.69) is 19.2 Å². The predicted octanol–water partition coefficient (Wildman–Crippen LogP) is 2.43. The van der Waals surface area contributed by atoms with Crippen molar-refractivity contribution in [2.75, 3.05) is 26.7 Å². The van der Waals surface area contributed by atoms with Crippen molar-refractivity contribution in [3.63, 3.8) is 0 Å². The summed E-state index contributed by atoms with van der Waals surface area (Å²) in [6.45, 7) is 6.61. The van der Waals surface area contributed by atoms with Crippen molar-refractivity contribution in [2.24, 2.45) is 0 Å². The molecule has 0 saturated carbocycles. The van der Waals surface area contributed by atoms with Gasteiger partial charge in [0.2, 0.25) is 0 Å². The van der Waals surface area contributed by atoms with Crippen LogP contribution in [0.3, 0.4) is 0 Å². The second-order valence-corrected chi connectivity index (χ2v) is 4.81. The van der Waals surface area contributed by atoms with Gasteiger partial charge in [0.25, 0.3) is 5.91 Å². The molecule has 0 aromatic heterocycles. The first kappa shape index (κ1) is 16.5. The number of ether oxygens (including phenoxy) is 1. The Labute approximate surface area is 122 Å². The van der Waals surface area contributed by atoms with E-state index in [0.29, 0.717) is 0 Å². The van der Waals surface area contributed by atoms with Crippen molar-refractivity contribution in [3.8, 4) is 5.75 Å². The van der Waals surface area contributed by atoms with Crippen LogP contribution in [-0.4, -0.2) is 37.6 Å². The average Bonchev–Trinajstić information content (AvgIpc) is 2.46. The largest absolute Gasteiger partial charge is 0.483 e. The molecule has 0 aliphatic rings. The Morgan fingerprint density at radius 1 is 1.20 bits per heavy atom. The maximum absolute atomic E-state index is 12.2. The van der Waals surface area contributed by atoms with Gasteiger partial charge in [-0.1, -0.05) is 32.0 Å². The van der Waals surface area contributed by atoms with Crippen LogP contribution in [-0.2, 0) is 11.3 Å². The molecule has 0 saturated heterocycles. The highest BCUT2D eigenvalue weighted by Crippen LogP contribution is 2.17. The maximum Gasteiger partial charge on any atom is 0.260 e. The number of rotatable bonds is 9. The Kier molecular flexibility index (Phi) is 7.73. The third kappa shape index (κ3) is 5.21. The quantitative estimate of drug-likeness (QED) is 0.754. The van der Waals surface area contributed by atoms with Gasteiger partial charge in [0.05, 0.1) is 0 Å². The van der Waals surface area contributed by atoms with Crippen LogP contribution in [0.4, 0.5) is 0 Å². The van der Waals surface area contributed by atoms with Crippen molar-refractivity contribution < 1.29 is 9.53 Å². The molecule has 4 nitrogen and oxygen atoms in total. The fourth-order valence-corrected chi connectivity index (χ4v) is 2.11. The maximum atomic E-state index is 12.2. The van der Waals surface area contributed by atoms with Crippen LogP contribution in [0.25, 0.3) is 0 Å². The van der Waals surface area contributed by atoms with Gasteiger partial charge in [-0.15, -0.1) is 0 Å². The Morgan fingerprint density at radius 3 is 2.45 bits per heavy atom. The normalized spacial score (nSPS) is 10.3. The number of hydrogen-bond acceptors (Lipinski definition) is 3. The van der Waals surface area contributed by atoms with E-state index >= 15 is 0 Å². The number of nitrogens with one attached hydrogen (secondary N) is 1. The molecule has 1 aromatic rings. The molecule has 20 heavy (non-hydrogen) atoms. The zero-order valence-electron chi connectivity index (χ0n) is 12.8. The van der Waals surface area contributed by atoms with Gasteiger partial charge in [-0.25, -0.2) is 0 Å². The molecular formula is C16H26N2O2. The molecule has 1 amide bonds. The number of hydrogen-bond donors (Lipinski definition) is 1. The van der Waals surface area contributed by atoms with Gasteiger partial charge in [0.1, 0.15) is 5.75 Å². The van der Waals surface area contributed by atoms with Crippen molar-refractivity contribution in [1.82, 2.24) is 10.2 Å². The van der Waals surface area contributed by atoms with E-state index in [1.165, 1.54) is 0 Å². The van der Waals surface area contributed by atoms with E-state index in [1.54, 1.807) is 0 Å². The van der Waals surface area contributed by atoms with Gasteiger partial charge in [-0.05, 0) is 26.0 Å². The molecule has 1 aromatic carbocycles. The van der Waals surface area contributed by atoms with Gasteiger partial charge in [0.15, 0.2) is 6.61 Å². The molecule has 1 rings (SSSR count). The number of para-hydroxylation sites is 1. The summed E-state index contributed by atoms with van der Waals surface area (Å²) in [7, 11) is 1.90. The molecule has 1 N–H and O–H groups in total. The van der Waals surface area contributed by atoms with Crippen LogP contribution in [0.15, 0.2) is 24.3 Å². The first-order valence-corrected chi connectivity index (χ1v) is 7.36. The smallest absolute Gasteiger partial charge is 0.260 e. The molecule has 0 fully saturated rings.